The smallest absolute Gasteiger partial charge is 0.227 e. The maximum Gasteiger partial charge on any atom is 0.227 e. The average molecular weight is 297 g/mol. The molecule has 20 heavy (non-hydrogen) atoms. The van der Waals surface area contributed by atoms with Gasteiger partial charge in [0.25, 0.3) is 0 Å². The third-order valence-electron chi connectivity index (χ3n) is 4.00. The summed E-state index contributed by atoms with van der Waals surface area (Å²) in [4.78, 5) is 12.3. The number of hydrogen-bond donors (Lipinski definition) is 2. The van der Waals surface area contributed by atoms with Crippen molar-refractivity contribution in [2.24, 2.45) is 5.92 Å². The lowest BCUT2D eigenvalue weighted by Crippen LogP contribution is -2.24. The van der Waals surface area contributed by atoms with Crippen LogP contribution in [0.15, 0.2) is 18.2 Å². The van der Waals surface area contributed by atoms with Crippen molar-refractivity contribution in [1.82, 2.24) is 0 Å². The van der Waals surface area contributed by atoms with Gasteiger partial charge >= 0.3 is 0 Å². The zero-order valence-electron chi connectivity index (χ0n) is 12.2. The molecule has 2 rings (SSSR count). The van der Waals surface area contributed by atoms with Gasteiger partial charge in [-0.3, -0.25) is 4.79 Å². The summed E-state index contributed by atoms with van der Waals surface area (Å²) in [7, 11) is 0. The highest BCUT2D eigenvalue weighted by atomic mass is 35.5. The molecule has 1 fully saturated rings. The predicted octanol–water partition coefficient (Wildman–Crippen LogP) is 4.30. The monoisotopic (exact) mass is 296 g/mol. The molecule has 1 saturated carbocycles. The van der Waals surface area contributed by atoms with Gasteiger partial charge in [-0.2, -0.15) is 0 Å². The first kappa shape index (κ1) is 16.8. The van der Waals surface area contributed by atoms with Crippen LogP contribution in [-0.2, 0) is 4.79 Å². The fourth-order valence-electron chi connectivity index (χ4n) is 2.73. The topological polar surface area (TPSA) is 55.1 Å². The molecule has 1 aliphatic rings. The van der Waals surface area contributed by atoms with Crippen LogP contribution in [-0.4, -0.2) is 5.91 Å². The number of amides is 1. The molecule has 3 N–H and O–H groups in total. The molecule has 0 aliphatic heterocycles. The van der Waals surface area contributed by atoms with Crippen molar-refractivity contribution in [1.29, 1.82) is 0 Å². The van der Waals surface area contributed by atoms with Crippen LogP contribution in [0.5, 0.6) is 0 Å². The Morgan fingerprint density at radius 3 is 2.40 bits per heavy atom. The highest BCUT2D eigenvalue weighted by Gasteiger charge is 2.19. The maximum atomic E-state index is 12.3. The molecule has 0 bridgehead atoms. The van der Waals surface area contributed by atoms with E-state index in [-0.39, 0.29) is 24.2 Å². The molecule has 3 nitrogen and oxygen atoms in total. The Morgan fingerprint density at radius 1 is 1.15 bits per heavy atom. The summed E-state index contributed by atoms with van der Waals surface area (Å²) in [5.41, 5.74) is 8.39. The lowest BCUT2D eigenvalue weighted by Gasteiger charge is -2.19. The van der Waals surface area contributed by atoms with Crippen molar-refractivity contribution in [3.8, 4) is 0 Å². The molecule has 0 unspecified atom stereocenters. The van der Waals surface area contributed by atoms with Crippen molar-refractivity contribution in [2.75, 3.05) is 11.1 Å². The van der Waals surface area contributed by atoms with Crippen LogP contribution in [0.2, 0.25) is 0 Å². The molecule has 1 aromatic carbocycles. The number of nitrogens with two attached hydrogens (primary N) is 1. The van der Waals surface area contributed by atoms with Gasteiger partial charge in [0, 0.05) is 17.3 Å². The van der Waals surface area contributed by atoms with Crippen LogP contribution in [0.4, 0.5) is 11.4 Å². The van der Waals surface area contributed by atoms with Crippen molar-refractivity contribution >= 4 is 29.7 Å². The van der Waals surface area contributed by atoms with E-state index in [9.17, 15) is 4.79 Å². The first-order chi connectivity index (χ1) is 9.16. The molecule has 0 spiro atoms. The van der Waals surface area contributed by atoms with E-state index in [2.05, 4.69) is 5.32 Å². The minimum atomic E-state index is 0. The van der Waals surface area contributed by atoms with Crippen LogP contribution in [0.3, 0.4) is 0 Å². The predicted molar refractivity (Wildman–Crippen MR) is 87.3 cm³/mol. The van der Waals surface area contributed by atoms with Crippen molar-refractivity contribution in [3.63, 3.8) is 0 Å². The first-order valence-corrected chi connectivity index (χ1v) is 7.34. The van der Waals surface area contributed by atoms with Gasteiger partial charge < -0.3 is 11.1 Å². The molecule has 112 valence electrons. The lowest BCUT2D eigenvalue weighted by molar-refractivity contribution is -0.120. The molecule has 1 amide bonds. The Bertz CT molecular complexity index is 440. The summed E-state index contributed by atoms with van der Waals surface area (Å²) in [6, 6.07) is 5.65. The number of hydrogen-bond acceptors (Lipinski definition) is 2. The quantitative estimate of drug-likeness (QED) is 0.800. The van der Waals surface area contributed by atoms with Gasteiger partial charge in [0.15, 0.2) is 0 Å². The van der Waals surface area contributed by atoms with Crippen LogP contribution < -0.4 is 11.1 Å². The maximum absolute atomic E-state index is 12.3. The number of anilines is 2. The first-order valence-electron chi connectivity index (χ1n) is 7.34. The summed E-state index contributed by atoms with van der Waals surface area (Å²) >= 11 is 0. The Balaban J connectivity index is 0.00000200. The molecule has 4 heteroatoms. The number of nitrogens with one attached hydrogen (secondary N) is 1. The number of aryl methyl sites for hydroxylation is 1. The normalized spacial score (nSPS) is 16.6. The third kappa shape index (κ3) is 4.71. The van der Waals surface area contributed by atoms with Gasteiger partial charge in [0.1, 0.15) is 0 Å². The summed E-state index contributed by atoms with van der Waals surface area (Å²) in [6.07, 6.45) is 8.24. The minimum absolute atomic E-state index is 0. The van der Waals surface area contributed by atoms with E-state index in [1.165, 1.54) is 32.1 Å². The molecular weight excluding hydrogens is 272 g/mol. The number of carbonyl (C=O) groups excluding carboxylic acids is 1. The number of nitrogen functional groups attached to an aromatic ring is 1. The molecule has 0 saturated heterocycles. The van der Waals surface area contributed by atoms with E-state index >= 15 is 0 Å². The van der Waals surface area contributed by atoms with Gasteiger partial charge in [0.05, 0.1) is 0 Å². The fraction of sp³-hybridized carbons (Fsp3) is 0.562. The highest BCUT2D eigenvalue weighted by molar-refractivity contribution is 5.93. The Hall–Kier alpha value is -1.22. The molecular formula is C16H25ClN2O. The number of rotatable bonds is 2. The Kier molecular flexibility index (Phi) is 6.86. The Morgan fingerprint density at radius 2 is 1.75 bits per heavy atom. The standard InChI is InChI=1S/C16H24N2O.ClH/c1-12-9-10-14(17)11-15(12)18-16(19)13-7-5-3-2-4-6-8-13;/h9-11,13H,2-8,17H2,1H3,(H,18,19);1H. The number of carbonyl (C=O) groups is 1. The van der Waals surface area contributed by atoms with Gasteiger partial charge in [-0.15, -0.1) is 12.4 Å². The highest BCUT2D eigenvalue weighted by Crippen LogP contribution is 2.25. The lowest BCUT2D eigenvalue weighted by atomic mass is 9.90. The van der Waals surface area contributed by atoms with Crippen LogP contribution >= 0.6 is 12.4 Å². The summed E-state index contributed by atoms with van der Waals surface area (Å²) in [6.45, 7) is 1.99. The van der Waals surface area contributed by atoms with Crippen LogP contribution in [0, 0.1) is 12.8 Å². The summed E-state index contributed by atoms with van der Waals surface area (Å²) < 4.78 is 0. The Labute approximate surface area is 127 Å². The van der Waals surface area contributed by atoms with Gasteiger partial charge in [-0.25, -0.2) is 0 Å². The van der Waals surface area contributed by atoms with Crippen molar-refractivity contribution < 1.29 is 4.79 Å². The van der Waals surface area contributed by atoms with Crippen molar-refractivity contribution in [2.45, 2.75) is 51.9 Å². The van der Waals surface area contributed by atoms with E-state index in [4.69, 9.17) is 5.73 Å². The minimum Gasteiger partial charge on any atom is -0.399 e. The summed E-state index contributed by atoms with van der Waals surface area (Å²) in [5.74, 6) is 0.330. The van der Waals surface area contributed by atoms with E-state index in [1.807, 2.05) is 25.1 Å². The second-order valence-corrected chi connectivity index (χ2v) is 5.61. The fourth-order valence-corrected chi connectivity index (χ4v) is 2.73. The molecule has 0 aromatic heterocycles. The zero-order chi connectivity index (χ0) is 13.7. The number of benzene rings is 1. The van der Waals surface area contributed by atoms with E-state index in [0.29, 0.717) is 5.69 Å². The van der Waals surface area contributed by atoms with E-state index in [0.717, 1.165) is 24.1 Å². The second-order valence-electron chi connectivity index (χ2n) is 5.61. The third-order valence-corrected chi connectivity index (χ3v) is 4.00. The molecule has 1 aromatic rings. The molecule has 1 aliphatic carbocycles. The molecule has 0 heterocycles. The van der Waals surface area contributed by atoms with Crippen LogP contribution in [0.1, 0.15) is 50.5 Å². The average Bonchev–Trinajstić information content (AvgIpc) is 2.33. The summed E-state index contributed by atoms with van der Waals surface area (Å²) in [5, 5.41) is 3.05. The van der Waals surface area contributed by atoms with Crippen molar-refractivity contribution in [3.05, 3.63) is 23.8 Å². The van der Waals surface area contributed by atoms with Crippen LogP contribution in [0.25, 0.3) is 0 Å². The van der Waals surface area contributed by atoms with E-state index < -0.39 is 0 Å². The van der Waals surface area contributed by atoms with Gasteiger partial charge in [-0.1, -0.05) is 38.2 Å². The molecule has 0 radical (unpaired) electrons. The van der Waals surface area contributed by atoms with Gasteiger partial charge in [0.2, 0.25) is 5.91 Å². The number of halogens is 1. The SMILES string of the molecule is Cc1ccc(N)cc1NC(=O)C1CCCCCCC1.Cl. The van der Waals surface area contributed by atoms with Gasteiger partial charge in [-0.05, 0) is 37.5 Å². The second kappa shape index (κ2) is 8.15. The largest absolute Gasteiger partial charge is 0.399 e. The molecule has 0 atom stereocenters. The van der Waals surface area contributed by atoms with E-state index in [1.54, 1.807) is 0 Å². The zero-order valence-corrected chi connectivity index (χ0v) is 13.0.